The summed E-state index contributed by atoms with van der Waals surface area (Å²) in [6.07, 6.45) is 4.97. The van der Waals surface area contributed by atoms with Gasteiger partial charge in [0.2, 0.25) is 0 Å². The van der Waals surface area contributed by atoms with E-state index in [0.29, 0.717) is 12.2 Å². The Kier molecular flexibility index (Phi) is 3.54. The Balaban J connectivity index is 2.15. The predicted octanol–water partition coefficient (Wildman–Crippen LogP) is 2.69. The lowest BCUT2D eigenvalue weighted by Crippen LogP contribution is -2.10. The van der Waals surface area contributed by atoms with Crippen molar-refractivity contribution in [2.45, 2.75) is 6.54 Å². The fourth-order valence-electron chi connectivity index (χ4n) is 1.22. The summed E-state index contributed by atoms with van der Waals surface area (Å²) in [5, 5.41) is 7.66. The highest BCUT2D eigenvalue weighted by molar-refractivity contribution is 6.35. The van der Waals surface area contributed by atoms with Crippen LogP contribution in [-0.4, -0.2) is 15.2 Å². The molecule has 82 valence electrons. The van der Waals surface area contributed by atoms with Crippen LogP contribution >= 0.6 is 23.4 Å². The van der Waals surface area contributed by atoms with E-state index in [1.807, 2.05) is 12.1 Å². The largest absolute Gasteiger partial charge is 0.278 e. The molecule has 0 spiro atoms. The predicted molar refractivity (Wildman–Crippen MR) is 63.3 cm³/mol. The minimum absolute atomic E-state index is 0.284. The van der Waals surface area contributed by atoms with Crippen molar-refractivity contribution in [1.82, 2.24) is 15.2 Å². The van der Waals surface area contributed by atoms with Gasteiger partial charge in [-0.1, -0.05) is 11.6 Å². The van der Waals surface area contributed by atoms with Gasteiger partial charge in [0.25, 0.3) is 0 Å². The first kappa shape index (κ1) is 11.1. The van der Waals surface area contributed by atoms with Crippen LogP contribution in [0.2, 0.25) is 5.15 Å². The lowest BCUT2D eigenvalue weighted by Gasteiger charge is -2.15. The molecule has 0 fully saturated rings. The minimum atomic E-state index is 0.284. The molecule has 2 rings (SSSR count). The van der Waals surface area contributed by atoms with E-state index in [9.17, 15) is 0 Å². The molecule has 0 N–H and O–H groups in total. The molecule has 0 bridgehead atoms. The van der Waals surface area contributed by atoms with E-state index in [0.717, 1.165) is 5.56 Å². The van der Waals surface area contributed by atoms with Crippen LogP contribution in [0.5, 0.6) is 0 Å². The molecule has 0 unspecified atom stereocenters. The fourth-order valence-corrected chi connectivity index (χ4v) is 1.75. The molecule has 0 saturated carbocycles. The molecule has 0 aliphatic carbocycles. The van der Waals surface area contributed by atoms with Crippen LogP contribution in [0.15, 0.2) is 36.8 Å². The molecule has 2 aromatic heterocycles. The number of halogens is 2. The molecule has 0 radical (unpaired) electrons. The number of anilines is 1. The third kappa shape index (κ3) is 2.59. The summed E-state index contributed by atoms with van der Waals surface area (Å²) in [5.41, 5.74) is 1.67. The molecular weight excluding hydrogens is 247 g/mol. The smallest absolute Gasteiger partial charge is 0.176 e. The van der Waals surface area contributed by atoms with Crippen molar-refractivity contribution in [2.75, 3.05) is 4.42 Å². The first-order valence-electron chi connectivity index (χ1n) is 4.57. The van der Waals surface area contributed by atoms with E-state index in [2.05, 4.69) is 15.2 Å². The Morgan fingerprint density at radius 2 is 1.88 bits per heavy atom. The van der Waals surface area contributed by atoms with Crippen molar-refractivity contribution in [2.24, 2.45) is 0 Å². The maximum Gasteiger partial charge on any atom is 0.176 e. The monoisotopic (exact) mass is 254 g/mol. The average molecular weight is 255 g/mol. The van der Waals surface area contributed by atoms with Gasteiger partial charge in [-0.25, -0.2) is 0 Å². The van der Waals surface area contributed by atoms with Gasteiger partial charge >= 0.3 is 0 Å². The molecule has 2 heterocycles. The second kappa shape index (κ2) is 5.09. The number of hydrogen-bond donors (Lipinski definition) is 0. The van der Waals surface area contributed by atoms with E-state index in [1.165, 1.54) is 4.42 Å². The summed E-state index contributed by atoms with van der Waals surface area (Å²) in [5.74, 6) is 0. The van der Waals surface area contributed by atoms with Gasteiger partial charge in [-0.2, -0.15) is 5.10 Å². The van der Waals surface area contributed by atoms with Crippen molar-refractivity contribution in [3.05, 3.63) is 47.5 Å². The second-order valence-electron chi connectivity index (χ2n) is 3.08. The maximum absolute atomic E-state index is 6.11. The van der Waals surface area contributed by atoms with Gasteiger partial charge in [0.1, 0.15) is 0 Å². The van der Waals surface area contributed by atoms with Gasteiger partial charge in [0.15, 0.2) is 5.15 Å². The topological polar surface area (TPSA) is 41.9 Å². The number of pyridine rings is 1. The van der Waals surface area contributed by atoms with Gasteiger partial charge in [-0.3, -0.25) is 9.40 Å². The summed E-state index contributed by atoms with van der Waals surface area (Å²) in [6.45, 7) is 0.523. The van der Waals surface area contributed by atoms with Crippen LogP contribution in [0.4, 0.5) is 5.69 Å². The van der Waals surface area contributed by atoms with Gasteiger partial charge in [0.05, 0.1) is 18.4 Å². The first-order chi connectivity index (χ1) is 7.77. The van der Waals surface area contributed by atoms with Gasteiger partial charge in [-0.15, -0.1) is 5.10 Å². The Morgan fingerprint density at radius 3 is 2.56 bits per heavy atom. The number of nitrogens with zero attached hydrogens (tertiary/aromatic N) is 4. The number of aromatic nitrogens is 3. The van der Waals surface area contributed by atoms with E-state index in [-0.39, 0.29) is 5.15 Å². The standard InChI is InChI=1S/C10H8Cl2N4/c11-10-9(3-6-14-15-10)16(12)7-8-1-4-13-5-2-8/h1-6H,7H2. The summed E-state index contributed by atoms with van der Waals surface area (Å²) in [7, 11) is 0. The fraction of sp³-hybridized carbons (Fsp3) is 0.100. The third-order valence-corrected chi connectivity index (χ3v) is 2.56. The highest BCUT2D eigenvalue weighted by Gasteiger charge is 2.09. The molecule has 6 heteroatoms. The summed E-state index contributed by atoms with van der Waals surface area (Å²) in [4.78, 5) is 3.93. The quantitative estimate of drug-likeness (QED) is 0.791. The molecule has 0 atom stereocenters. The minimum Gasteiger partial charge on any atom is -0.278 e. The second-order valence-corrected chi connectivity index (χ2v) is 3.85. The number of rotatable bonds is 3. The van der Waals surface area contributed by atoms with Crippen LogP contribution < -0.4 is 4.42 Å². The van der Waals surface area contributed by atoms with E-state index < -0.39 is 0 Å². The molecule has 16 heavy (non-hydrogen) atoms. The molecule has 0 aliphatic heterocycles. The van der Waals surface area contributed by atoms with Crippen molar-refractivity contribution in [3.63, 3.8) is 0 Å². The van der Waals surface area contributed by atoms with Crippen LogP contribution in [-0.2, 0) is 6.54 Å². The molecule has 0 saturated heterocycles. The van der Waals surface area contributed by atoms with Crippen molar-refractivity contribution >= 4 is 29.1 Å². The average Bonchev–Trinajstić information content (AvgIpc) is 2.31. The highest BCUT2D eigenvalue weighted by atomic mass is 35.5. The lowest BCUT2D eigenvalue weighted by molar-refractivity contribution is 0.984. The summed E-state index contributed by atoms with van der Waals surface area (Å²) < 4.78 is 1.49. The molecule has 0 amide bonds. The van der Waals surface area contributed by atoms with Crippen molar-refractivity contribution < 1.29 is 0 Å². The Bertz CT molecular complexity index is 463. The zero-order valence-corrected chi connectivity index (χ0v) is 9.73. The van der Waals surface area contributed by atoms with Crippen molar-refractivity contribution in [1.29, 1.82) is 0 Å². The van der Waals surface area contributed by atoms with Gasteiger partial charge < -0.3 is 0 Å². The highest BCUT2D eigenvalue weighted by Crippen LogP contribution is 2.25. The normalized spacial score (nSPS) is 10.1. The van der Waals surface area contributed by atoms with E-state index >= 15 is 0 Å². The Labute approximate surface area is 103 Å². The van der Waals surface area contributed by atoms with Crippen LogP contribution in [0, 0.1) is 0 Å². The summed E-state index contributed by atoms with van der Waals surface area (Å²) in [6, 6.07) is 5.49. The van der Waals surface area contributed by atoms with E-state index in [1.54, 1.807) is 24.7 Å². The van der Waals surface area contributed by atoms with Gasteiger partial charge in [-0.05, 0) is 23.8 Å². The maximum atomic E-state index is 6.11. The Morgan fingerprint density at radius 1 is 1.12 bits per heavy atom. The van der Waals surface area contributed by atoms with Crippen LogP contribution in [0.25, 0.3) is 0 Å². The molecule has 0 aliphatic rings. The first-order valence-corrected chi connectivity index (χ1v) is 5.28. The SMILES string of the molecule is Clc1nnccc1N(Cl)Cc1ccncc1. The summed E-state index contributed by atoms with van der Waals surface area (Å²) >= 11 is 12.0. The van der Waals surface area contributed by atoms with Gasteiger partial charge in [0, 0.05) is 24.2 Å². The zero-order chi connectivity index (χ0) is 11.4. The van der Waals surface area contributed by atoms with Crippen LogP contribution in [0.1, 0.15) is 5.56 Å². The lowest BCUT2D eigenvalue weighted by atomic mass is 10.2. The molecule has 2 aromatic rings. The van der Waals surface area contributed by atoms with E-state index in [4.69, 9.17) is 23.4 Å². The number of hydrogen-bond acceptors (Lipinski definition) is 4. The zero-order valence-electron chi connectivity index (χ0n) is 8.22. The third-order valence-electron chi connectivity index (χ3n) is 1.99. The Hall–Kier alpha value is -1.39. The van der Waals surface area contributed by atoms with Crippen LogP contribution in [0.3, 0.4) is 0 Å². The van der Waals surface area contributed by atoms with Crippen molar-refractivity contribution in [3.8, 4) is 0 Å². The molecule has 0 aromatic carbocycles. The molecule has 4 nitrogen and oxygen atoms in total. The molecular formula is C10H8Cl2N4.